The van der Waals surface area contributed by atoms with E-state index in [2.05, 4.69) is 17.0 Å². The number of hydrogen-bond donors (Lipinski definition) is 0. The van der Waals surface area contributed by atoms with Gasteiger partial charge in [-0.3, -0.25) is 9.69 Å². The third kappa shape index (κ3) is 3.47. The van der Waals surface area contributed by atoms with Crippen molar-refractivity contribution in [3.05, 3.63) is 34.9 Å². The molecule has 18 heavy (non-hydrogen) atoms. The Morgan fingerprint density at radius 3 is 2.33 bits per heavy atom. The highest BCUT2D eigenvalue weighted by molar-refractivity contribution is 6.30. The maximum absolute atomic E-state index is 11.6. The van der Waals surface area contributed by atoms with Gasteiger partial charge >= 0.3 is 0 Å². The first-order valence-electron chi connectivity index (χ1n) is 6.43. The van der Waals surface area contributed by atoms with Gasteiger partial charge in [-0.05, 0) is 17.7 Å². The lowest BCUT2D eigenvalue weighted by atomic mass is 10.2. The van der Waals surface area contributed by atoms with E-state index in [-0.39, 0.29) is 5.91 Å². The first-order chi connectivity index (χ1) is 8.69. The van der Waals surface area contributed by atoms with Gasteiger partial charge in [-0.15, -0.1) is 0 Å². The molecule has 1 saturated heterocycles. The van der Waals surface area contributed by atoms with Gasteiger partial charge in [-0.25, -0.2) is 0 Å². The van der Waals surface area contributed by atoms with Crippen LogP contribution in [0.2, 0.25) is 5.02 Å². The Bertz CT molecular complexity index is 397. The van der Waals surface area contributed by atoms with Crippen molar-refractivity contribution in [2.24, 2.45) is 0 Å². The van der Waals surface area contributed by atoms with E-state index in [1.165, 1.54) is 5.56 Å². The number of benzene rings is 1. The van der Waals surface area contributed by atoms with Gasteiger partial charge in [0.1, 0.15) is 0 Å². The molecule has 1 aliphatic rings. The van der Waals surface area contributed by atoms with Crippen LogP contribution in [0.25, 0.3) is 0 Å². The van der Waals surface area contributed by atoms with E-state index in [0.29, 0.717) is 6.42 Å². The van der Waals surface area contributed by atoms with Crippen molar-refractivity contribution in [2.45, 2.75) is 19.9 Å². The number of carbonyl (C=O) groups excluding carboxylic acids is 1. The lowest BCUT2D eigenvalue weighted by Gasteiger charge is -2.34. The molecule has 98 valence electrons. The highest BCUT2D eigenvalue weighted by atomic mass is 35.5. The van der Waals surface area contributed by atoms with Crippen LogP contribution in [-0.2, 0) is 11.3 Å². The van der Waals surface area contributed by atoms with Gasteiger partial charge in [0, 0.05) is 44.2 Å². The Morgan fingerprint density at radius 1 is 1.17 bits per heavy atom. The summed E-state index contributed by atoms with van der Waals surface area (Å²) in [4.78, 5) is 15.9. The van der Waals surface area contributed by atoms with E-state index in [4.69, 9.17) is 11.6 Å². The summed E-state index contributed by atoms with van der Waals surface area (Å²) in [5.41, 5.74) is 1.27. The lowest BCUT2D eigenvalue weighted by molar-refractivity contribution is -0.132. The third-order valence-corrected chi connectivity index (χ3v) is 3.60. The Morgan fingerprint density at radius 2 is 1.78 bits per heavy atom. The molecule has 1 aromatic carbocycles. The molecule has 0 saturated carbocycles. The quantitative estimate of drug-likeness (QED) is 0.839. The number of piperazine rings is 1. The number of hydrogen-bond acceptors (Lipinski definition) is 2. The van der Waals surface area contributed by atoms with Gasteiger partial charge in [0.15, 0.2) is 0 Å². The average molecular weight is 267 g/mol. The summed E-state index contributed by atoms with van der Waals surface area (Å²) in [5, 5.41) is 0.775. The van der Waals surface area contributed by atoms with Crippen LogP contribution in [-0.4, -0.2) is 41.9 Å². The second-order valence-electron chi connectivity index (χ2n) is 4.64. The molecule has 0 radical (unpaired) electrons. The first kappa shape index (κ1) is 13.4. The minimum atomic E-state index is 0.265. The predicted octanol–water partition coefficient (Wildman–Crippen LogP) is 2.39. The molecule has 0 aliphatic carbocycles. The van der Waals surface area contributed by atoms with E-state index in [0.717, 1.165) is 37.7 Å². The molecule has 0 unspecified atom stereocenters. The average Bonchev–Trinajstić information content (AvgIpc) is 2.41. The fourth-order valence-electron chi connectivity index (χ4n) is 2.23. The maximum Gasteiger partial charge on any atom is 0.222 e. The molecule has 1 aromatic rings. The number of rotatable bonds is 3. The Hall–Kier alpha value is -1.06. The molecule has 3 nitrogen and oxygen atoms in total. The highest BCUT2D eigenvalue weighted by Gasteiger charge is 2.19. The number of amides is 1. The predicted molar refractivity (Wildman–Crippen MR) is 73.6 cm³/mol. The van der Waals surface area contributed by atoms with Crippen molar-refractivity contribution in [2.75, 3.05) is 26.2 Å². The zero-order valence-electron chi connectivity index (χ0n) is 10.7. The summed E-state index contributed by atoms with van der Waals surface area (Å²) in [5.74, 6) is 0.265. The van der Waals surface area contributed by atoms with E-state index in [9.17, 15) is 4.79 Å². The standard InChI is InChI=1S/C14H19ClN2O/c1-2-14(18)17-9-7-16(8-10-17)11-12-3-5-13(15)6-4-12/h3-6H,2,7-11H2,1H3. The van der Waals surface area contributed by atoms with Crippen LogP contribution < -0.4 is 0 Å². The summed E-state index contributed by atoms with van der Waals surface area (Å²) < 4.78 is 0. The second-order valence-corrected chi connectivity index (χ2v) is 5.07. The molecule has 0 bridgehead atoms. The van der Waals surface area contributed by atoms with Crippen molar-refractivity contribution < 1.29 is 4.79 Å². The van der Waals surface area contributed by atoms with Crippen LogP contribution in [0.5, 0.6) is 0 Å². The van der Waals surface area contributed by atoms with E-state index < -0.39 is 0 Å². The molecule has 0 N–H and O–H groups in total. The molecule has 0 aromatic heterocycles. The third-order valence-electron chi connectivity index (χ3n) is 3.35. The van der Waals surface area contributed by atoms with Gasteiger partial charge in [-0.2, -0.15) is 0 Å². The van der Waals surface area contributed by atoms with E-state index in [1.54, 1.807) is 0 Å². The molecule has 0 atom stereocenters. The minimum absolute atomic E-state index is 0.265. The van der Waals surface area contributed by atoms with Gasteiger partial charge in [0.2, 0.25) is 5.91 Å². The van der Waals surface area contributed by atoms with Crippen molar-refractivity contribution in [3.8, 4) is 0 Å². The smallest absolute Gasteiger partial charge is 0.222 e. The molecular weight excluding hydrogens is 248 g/mol. The van der Waals surface area contributed by atoms with Crippen LogP contribution in [0.3, 0.4) is 0 Å². The van der Waals surface area contributed by atoms with Crippen LogP contribution in [0.1, 0.15) is 18.9 Å². The molecule has 1 amide bonds. The fourth-order valence-corrected chi connectivity index (χ4v) is 2.35. The molecule has 1 aliphatic heterocycles. The number of nitrogens with zero attached hydrogens (tertiary/aromatic N) is 2. The van der Waals surface area contributed by atoms with Crippen LogP contribution in [0, 0.1) is 0 Å². The SMILES string of the molecule is CCC(=O)N1CCN(Cc2ccc(Cl)cc2)CC1. The van der Waals surface area contributed by atoms with Gasteiger partial charge in [0.05, 0.1) is 0 Å². The normalized spacial score (nSPS) is 16.9. The van der Waals surface area contributed by atoms with Gasteiger partial charge in [-0.1, -0.05) is 30.7 Å². The molecule has 4 heteroatoms. The Labute approximate surface area is 113 Å². The topological polar surface area (TPSA) is 23.6 Å². The molecule has 0 spiro atoms. The minimum Gasteiger partial charge on any atom is -0.340 e. The summed E-state index contributed by atoms with van der Waals surface area (Å²) in [6.45, 7) is 6.46. The zero-order chi connectivity index (χ0) is 13.0. The van der Waals surface area contributed by atoms with E-state index in [1.807, 2.05) is 24.0 Å². The van der Waals surface area contributed by atoms with Gasteiger partial charge in [0.25, 0.3) is 0 Å². The zero-order valence-corrected chi connectivity index (χ0v) is 11.5. The second kappa shape index (κ2) is 6.21. The largest absolute Gasteiger partial charge is 0.340 e. The highest BCUT2D eigenvalue weighted by Crippen LogP contribution is 2.13. The van der Waals surface area contributed by atoms with Crippen molar-refractivity contribution in [1.29, 1.82) is 0 Å². The van der Waals surface area contributed by atoms with E-state index >= 15 is 0 Å². The molecular formula is C14H19ClN2O. The number of halogens is 1. The maximum atomic E-state index is 11.6. The van der Waals surface area contributed by atoms with Crippen LogP contribution in [0.4, 0.5) is 0 Å². The Balaban J connectivity index is 1.83. The molecule has 1 heterocycles. The van der Waals surface area contributed by atoms with Crippen molar-refractivity contribution in [1.82, 2.24) is 9.80 Å². The summed E-state index contributed by atoms with van der Waals surface area (Å²) in [6, 6.07) is 7.97. The summed E-state index contributed by atoms with van der Waals surface area (Å²) in [7, 11) is 0. The summed E-state index contributed by atoms with van der Waals surface area (Å²) in [6.07, 6.45) is 0.608. The summed E-state index contributed by atoms with van der Waals surface area (Å²) >= 11 is 5.87. The van der Waals surface area contributed by atoms with Crippen molar-refractivity contribution in [3.63, 3.8) is 0 Å². The van der Waals surface area contributed by atoms with Crippen LogP contribution >= 0.6 is 11.6 Å². The number of carbonyl (C=O) groups is 1. The first-order valence-corrected chi connectivity index (χ1v) is 6.81. The Kier molecular flexibility index (Phi) is 4.61. The monoisotopic (exact) mass is 266 g/mol. The fraction of sp³-hybridized carbons (Fsp3) is 0.500. The lowest BCUT2D eigenvalue weighted by Crippen LogP contribution is -2.48. The van der Waals surface area contributed by atoms with Crippen LogP contribution in [0.15, 0.2) is 24.3 Å². The van der Waals surface area contributed by atoms with Crippen molar-refractivity contribution >= 4 is 17.5 Å². The molecule has 2 rings (SSSR count). The molecule has 1 fully saturated rings. The van der Waals surface area contributed by atoms with Gasteiger partial charge < -0.3 is 4.90 Å².